The summed E-state index contributed by atoms with van der Waals surface area (Å²) in [5.41, 5.74) is 2.30. The topological polar surface area (TPSA) is 78.6 Å². The first kappa shape index (κ1) is 13.4. The Labute approximate surface area is 99.0 Å². The molecule has 0 saturated heterocycles. The molecule has 0 radical (unpaired) electrons. The summed E-state index contributed by atoms with van der Waals surface area (Å²) >= 11 is 0. The molecule has 0 spiro atoms. The normalized spacial score (nSPS) is 10.1. The van der Waals surface area contributed by atoms with Gasteiger partial charge in [0.25, 0.3) is 5.91 Å². The molecule has 1 amide bonds. The average Bonchev–Trinajstić information content (AvgIpc) is 2.34. The van der Waals surface area contributed by atoms with Gasteiger partial charge in [-0.25, -0.2) is 4.39 Å². The quantitative estimate of drug-likeness (QED) is 0.520. The summed E-state index contributed by atoms with van der Waals surface area (Å²) in [7, 11) is 0. The average molecular weight is 241 g/mol. The van der Waals surface area contributed by atoms with Crippen molar-refractivity contribution in [3.8, 4) is 0 Å². The maximum absolute atomic E-state index is 13.4. The highest BCUT2D eigenvalue weighted by atomic mass is 19.1. The first-order valence-electron chi connectivity index (χ1n) is 5.31. The number of hydrazine groups is 1. The number of rotatable bonds is 5. The molecule has 1 aromatic carbocycles. The monoisotopic (exact) mass is 241 g/mol. The molecule has 1 aromatic rings. The summed E-state index contributed by atoms with van der Waals surface area (Å²) < 4.78 is 13.4. The van der Waals surface area contributed by atoms with Crippen LogP contribution >= 0.6 is 0 Å². The maximum atomic E-state index is 13.4. The van der Waals surface area contributed by atoms with E-state index in [1.54, 1.807) is 6.92 Å². The summed E-state index contributed by atoms with van der Waals surface area (Å²) in [6, 6.07) is 4.14. The maximum Gasteiger partial charge on any atom is 0.256 e. The van der Waals surface area contributed by atoms with Crippen molar-refractivity contribution in [2.75, 3.05) is 25.1 Å². The van der Waals surface area contributed by atoms with Crippen molar-refractivity contribution in [3.63, 3.8) is 0 Å². The van der Waals surface area contributed by atoms with E-state index in [4.69, 9.17) is 10.9 Å². The number of hydrogen-bond acceptors (Lipinski definition) is 4. The second-order valence-corrected chi connectivity index (χ2v) is 3.42. The van der Waals surface area contributed by atoms with Gasteiger partial charge < -0.3 is 15.4 Å². The number of nitrogens with zero attached hydrogens (tertiary/aromatic N) is 1. The van der Waals surface area contributed by atoms with Crippen LogP contribution in [-0.4, -0.2) is 35.6 Å². The molecule has 0 fully saturated rings. The number of nitrogen functional groups attached to an aromatic ring is 1. The largest absolute Gasteiger partial charge is 0.395 e. The predicted molar refractivity (Wildman–Crippen MR) is 62.9 cm³/mol. The minimum absolute atomic E-state index is 0.0334. The molecule has 6 heteroatoms. The molecule has 1 rings (SSSR count). The van der Waals surface area contributed by atoms with Gasteiger partial charge in [-0.2, -0.15) is 0 Å². The van der Waals surface area contributed by atoms with E-state index in [2.05, 4.69) is 5.43 Å². The van der Waals surface area contributed by atoms with E-state index in [1.807, 2.05) is 0 Å². The lowest BCUT2D eigenvalue weighted by Crippen LogP contribution is -2.34. The lowest BCUT2D eigenvalue weighted by atomic mass is 10.1. The van der Waals surface area contributed by atoms with Crippen molar-refractivity contribution in [2.45, 2.75) is 6.92 Å². The third-order valence-corrected chi connectivity index (χ3v) is 2.43. The van der Waals surface area contributed by atoms with Crippen LogP contribution in [0, 0.1) is 5.82 Å². The van der Waals surface area contributed by atoms with E-state index in [1.165, 1.54) is 23.1 Å². The van der Waals surface area contributed by atoms with Crippen molar-refractivity contribution in [2.24, 2.45) is 5.84 Å². The molecule has 0 saturated carbocycles. The highest BCUT2D eigenvalue weighted by molar-refractivity contribution is 5.99. The fourth-order valence-corrected chi connectivity index (χ4v) is 1.54. The van der Waals surface area contributed by atoms with Gasteiger partial charge in [-0.3, -0.25) is 10.6 Å². The Hall–Kier alpha value is -1.66. The van der Waals surface area contributed by atoms with Crippen molar-refractivity contribution >= 4 is 11.6 Å². The number of nitrogens with two attached hydrogens (primary N) is 1. The number of amides is 1. The van der Waals surface area contributed by atoms with Crippen LogP contribution in [0.25, 0.3) is 0 Å². The Bertz CT molecular complexity index is 398. The van der Waals surface area contributed by atoms with Gasteiger partial charge in [-0.05, 0) is 19.1 Å². The van der Waals surface area contributed by atoms with Gasteiger partial charge in [0.2, 0.25) is 0 Å². The molecule has 5 nitrogen and oxygen atoms in total. The highest BCUT2D eigenvalue weighted by Gasteiger charge is 2.19. The van der Waals surface area contributed by atoms with Crippen molar-refractivity contribution < 1.29 is 14.3 Å². The molecule has 0 aliphatic carbocycles. The van der Waals surface area contributed by atoms with Crippen LogP contribution in [0.15, 0.2) is 18.2 Å². The van der Waals surface area contributed by atoms with Crippen molar-refractivity contribution in [1.82, 2.24) is 4.90 Å². The molecular weight excluding hydrogens is 225 g/mol. The van der Waals surface area contributed by atoms with Gasteiger partial charge >= 0.3 is 0 Å². The SMILES string of the molecule is CCN(CCO)C(=O)c1cccc(F)c1NN. The van der Waals surface area contributed by atoms with Crippen LogP contribution < -0.4 is 11.3 Å². The molecule has 0 heterocycles. The zero-order valence-corrected chi connectivity index (χ0v) is 9.61. The van der Waals surface area contributed by atoms with E-state index < -0.39 is 5.82 Å². The number of carbonyl (C=O) groups excluding carboxylic acids is 1. The molecule has 0 aliphatic rings. The van der Waals surface area contributed by atoms with Crippen molar-refractivity contribution in [3.05, 3.63) is 29.6 Å². The molecule has 4 N–H and O–H groups in total. The Balaban J connectivity index is 3.06. The minimum atomic E-state index is -0.585. The third-order valence-electron chi connectivity index (χ3n) is 2.43. The number of carbonyl (C=O) groups is 1. The number of aliphatic hydroxyl groups is 1. The van der Waals surface area contributed by atoms with E-state index >= 15 is 0 Å². The summed E-state index contributed by atoms with van der Waals surface area (Å²) in [6.07, 6.45) is 0. The number of hydrogen-bond donors (Lipinski definition) is 3. The Morgan fingerprint density at radius 2 is 2.29 bits per heavy atom. The number of anilines is 1. The van der Waals surface area contributed by atoms with Gasteiger partial charge in [0.1, 0.15) is 5.82 Å². The van der Waals surface area contributed by atoms with Crippen LogP contribution in [0.3, 0.4) is 0 Å². The second kappa shape index (κ2) is 6.17. The van der Waals surface area contributed by atoms with Crippen LogP contribution in [0.2, 0.25) is 0 Å². The van der Waals surface area contributed by atoms with Crippen molar-refractivity contribution in [1.29, 1.82) is 0 Å². The fraction of sp³-hybridized carbons (Fsp3) is 0.364. The minimum Gasteiger partial charge on any atom is -0.395 e. The van der Waals surface area contributed by atoms with E-state index in [0.29, 0.717) is 6.54 Å². The molecular formula is C11H16FN3O2. The summed E-state index contributed by atoms with van der Waals surface area (Å²) in [6.45, 7) is 2.28. The Kier molecular flexibility index (Phi) is 4.86. The van der Waals surface area contributed by atoms with E-state index in [0.717, 1.165) is 0 Å². The molecule has 0 aliphatic heterocycles. The number of benzene rings is 1. The molecule has 0 aromatic heterocycles. The van der Waals surface area contributed by atoms with Gasteiger partial charge in [0.05, 0.1) is 17.9 Å². The molecule has 0 unspecified atom stereocenters. The first-order chi connectivity index (χ1) is 8.15. The number of nitrogens with one attached hydrogen (secondary N) is 1. The van der Waals surface area contributed by atoms with Gasteiger partial charge in [0.15, 0.2) is 0 Å². The van der Waals surface area contributed by atoms with Crippen LogP contribution in [0.5, 0.6) is 0 Å². The molecule has 0 bridgehead atoms. The number of aliphatic hydroxyl groups excluding tert-OH is 1. The zero-order chi connectivity index (χ0) is 12.8. The Morgan fingerprint density at radius 1 is 1.59 bits per heavy atom. The number of halogens is 1. The van der Waals surface area contributed by atoms with Crippen LogP contribution in [-0.2, 0) is 0 Å². The number of para-hydroxylation sites is 1. The number of likely N-dealkylation sites (N-methyl/N-ethyl adjacent to an activating group) is 1. The molecule has 0 atom stereocenters. The third kappa shape index (κ3) is 2.92. The smallest absolute Gasteiger partial charge is 0.256 e. The zero-order valence-electron chi connectivity index (χ0n) is 9.61. The molecule has 17 heavy (non-hydrogen) atoms. The summed E-state index contributed by atoms with van der Waals surface area (Å²) in [5, 5.41) is 8.84. The second-order valence-electron chi connectivity index (χ2n) is 3.42. The first-order valence-corrected chi connectivity index (χ1v) is 5.31. The van der Waals surface area contributed by atoms with Gasteiger partial charge in [0, 0.05) is 13.1 Å². The van der Waals surface area contributed by atoms with Crippen LogP contribution in [0.1, 0.15) is 17.3 Å². The predicted octanol–water partition coefficient (Wildman–Crippen LogP) is 0.566. The standard InChI is InChI=1S/C11H16FN3O2/c1-2-15(6-7-16)11(17)8-4-3-5-9(12)10(8)14-13/h3-5,14,16H,2,6-7,13H2,1H3. The fourth-order valence-electron chi connectivity index (χ4n) is 1.54. The van der Waals surface area contributed by atoms with Gasteiger partial charge in [-0.1, -0.05) is 6.07 Å². The van der Waals surface area contributed by atoms with E-state index in [9.17, 15) is 9.18 Å². The lowest BCUT2D eigenvalue weighted by molar-refractivity contribution is 0.0732. The van der Waals surface area contributed by atoms with E-state index in [-0.39, 0.29) is 30.3 Å². The highest BCUT2D eigenvalue weighted by Crippen LogP contribution is 2.20. The lowest BCUT2D eigenvalue weighted by Gasteiger charge is -2.21. The Morgan fingerprint density at radius 3 is 2.82 bits per heavy atom. The van der Waals surface area contributed by atoms with Gasteiger partial charge in [-0.15, -0.1) is 0 Å². The molecule has 94 valence electrons. The summed E-state index contributed by atoms with van der Waals surface area (Å²) in [4.78, 5) is 13.5. The van der Waals surface area contributed by atoms with Crippen LogP contribution in [0.4, 0.5) is 10.1 Å². The summed E-state index contributed by atoms with van der Waals surface area (Å²) in [5.74, 6) is 4.24.